The van der Waals surface area contributed by atoms with Gasteiger partial charge in [-0.2, -0.15) is 21.9 Å². The van der Waals surface area contributed by atoms with E-state index in [1.165, 1.54) is 18.2 Å². The number of hydrogen-bond acceptors (Lipinski definition) is 8. The van der Waals surface area contributed by atoms with Gasteiger partial charge in [-0.25, -0.2) is 5.01 Å². The van der Waals surface area contributed by atoms with E-state index >= 15 is 0 Å². The molecule has 2 aromatic carbocycles. The van der Waals surface area contributed by atoms with E-state index in [-0.39, 0.29) is 22.3 Å². The Morgan fingerprint density at radius 1 is 1.08 bits per heavy atom. The molecule has 0 aliphatic rings. The van der Waals surface area contributed by atoms with Crippen LogP contribution < -0.4 is 16.5 Å². The summed E-state index contributed by atoms with van der Waals surface area (Å²) < 4.78 is 65.8. The van der Waals surface area contributed by atoms with Crippen molar-refractivity contribution in [3.63, 3.8) is 0 Å². The van der Waals surface area contributed by atoms with Gasteiger partial charge in [0.2, 0.25) is 0 Å². The molecule has 134 valence electrons. The first kappa shape index (κ1) is 18.7. The van der Waals surface area contributed by atoms with Crippen LogP contribution in [0.3, 0.4) is 0 Å². The van der Waals surface area contributed by atoms with Crippen molar-refractivity contribution in [2.45, 2.75) is 9.79 Å². The van der Waals surface area contributed by atoms with Gasteiger partial charge in [-0.15, -0.1) is 0 Å². The van der Waals surface area contributed by atoms with Crippen molar-refractivity contribution in [1.29, 1.82) is 0 Å². The third-order valence-corrected chi connectivity index (χ3v) is 5.13. The van der Waals surface area contributed by atoms with Crippen molar-refractivity contribution in [3.8, 4) is 0 Å². The van der Waals surface area contributed by atoms with Crippen LogP contribution >= 0.6 is 0 Å². The lowest BCUT2D eigenvalue weighted by Gasteiger charge is -2.21. The molecule has 0 amide bonds. The van der Waals surface area contributed by atoms with Crippen molar-refractivity contribution >= 4 is 43.4 Å². The third kappa shape index (κ3) is 3.41. The minimum atomic E-state index is -4.85. The molecule has 12 heteroatoms. The lowest BCUT2D eigenvalue weighted by Crippen LogP contribution is -2.24. The molecular weight excluding hydrogens is 372 g/mol. The van der Waals surface area contributed by atoms with Gasteiger partial charge in [0.05, 0.1) is 5.69 Å². The molecule has 0 aromatic heterocycles. The summed E-state index contributed by atoms with van der Waals surface area (Å²) in [5.41, 5.74) is 10.7. The van der Waals surface area contributed by atoms with E-state index in [2.05, 4.69) is 11.8 Å². The van der Waals surface area contributed by atoms with Crippen LogP contribution in [-0.4, -0.2) is 32.7 Å². The number of benzene rings is 2. The van der Waals surface area contributed by atoms with Crippen molar-refractivity contribution in [2.75, 3.05) is 5.01 Å². The van der Waals surface area contributed by atoms with Crippen LogP contribution in [0.15, 0.2) is 57.2 Å². The first-order valence-corrected chi connectivity index (χ1v) is 9.35. The predicted octanol–water partition coefficient (Wildman–Crippen LogP) is 0.472. The Balaban J connectivity index is 3.05. The van der Waals surface area contributed by atoms with Gasteiger partial charge in [0.15, 0.2) is 0 Å². The van der Waals surface area contributed by atoms with E-state index in [4.69, 9.17) is 11.5 Å². The SMILES string of the molecule is C=NN(/C(N)=C/N)c1ccc2c(S(=O)(=O)O)cccc2c1S(=O)(=O)O. The molecule has 2 rings (SSSR count). The maximum Gasteiger partial charge on any atom is 0.297 e. The maximum atomic E-state index is 11.9. The normalized spacial score (nSPS) is 13.0. The van der Waals surface area contributed by atoms with Gasteiger partial charge in [0, 0.05) is 23.7 Å². The monoisotopic (exact) mass is 386 g/mol. The quantitative estimate of drug-likeness (QED) is 0.323. The molecule has 25 heavy (non-hydrogen) atoms. The average Bonchev–Trinajstić information content (AvgIpc) is 2.52. The summed E-state index contributed by atoms with van der Waals surface area (Å²) in [5.74, 6) is -0.190. The first-order chi connectivity index (χ1) is 11.5. The number of hydrazone groups is 1. The second-order valence-corrected chi connectivity index (χ2v) is 7.51. The second kappa shape index (κ2) is 6.33. The molecule has 0 spiro atoms. The first-order valence-electron chi connectivity index (χ1n) is 6.47. The maximum absolute atomic E-state index is 11.9. The molecule has 0 heterocycles. The number of fused-ring (bicyclic) bond motifs is 1. The van der Waals surface area contributed by atoms with E-state index in [1.807, 2.05) is 0 Å². The van der Waals surface area contributed by atoms with E-state index in [0.29, 0.717) is 0 Å². The minimum absolute atomic E-state index is 0.124. The lowest BCUT2D eigenvalue weighted by atomic mass is 10.1. The van der Waals surface area contributed by atoms with Gasteiger partial charge in [0.25, 0.3) is 20.2 Å². The van der Waals surface area contributed by atoms with E-state index < -0.39 is 30.0 Å². The summed E-state index contributed by atoms with van der Waals surface area (Å²) in [6.45, 7) is 3.25. The Morgan fingerprint density at radius 3 is 2.20 bits per heavy atom. The van der Waals surface area contributed by atoms with Crippen LogP contribution in [0.2, 0.25) is 0 Å². The van der Waals surface area contributed by atoms with Crippen LogP contribution in [0.5, 0.6) is 0 Å². The summed E-state index contributed by atoms with van der Waals surface area (Å²) in [5, 5.41) is 4.10. The Kier molecular flexibility index (Phi) is 4.72. The summed E-state index contributed by atoms with van der Waals surface area (Å²) in [7, 11) is -9.48. The van der Waals surface area contributed by atoms with Crippen molar-refractivity contribution < 1.29 is 25.9 Å². The molecule has 6 N–H and O–H groups in total. The fraction of sp³-hybridized carbons (Fsp3) is 0. The fourth-order valence-corrected chi connectivity index (χ4v) is 3.90. The van der Waals surface area contributed by atoms with Crippen LogP contribution in [0, 0.1) is 0 Å². The Labute approximate surface area is 143 Å². The molecule has 0 radical (unpaired) electrons. The molecule has 10 nitrogen and oxygen atoms in total. The van der Waals surface area contributed by atoms with Crippen molar-refractivity contribution in [1.82, 2.24) is 0 Å². The van der Waals surface area contributed by atoms with Crippen molar-refractivity contribution in [2.24, 2.45) is 16.6 Å². The zero-order valence-corrected chi connectivity index (χ0v) is 14.2. The number of rotatable bonds is 5. The Bertz CT molecular complexity index is 1090. The molecule has 0 aliphatic heterocycles. The molecule has 0 bridgehead atoms. The lowest BCUT2D eigenvalue weighted by molar-refractivity contribution is 0.481. The predicted molar refractivity (Wildman–Crippen MR) is 92.1 cm³/mol. The fourth-order valence-electron chi connectivity index (χ4n) is 2.32. The highest BCUT2D eigenvalue weighted by Gasteiger charge is 2.26. The summed E-state index contributed by atoms with van der Waals surface area (Å²) in [4.78, 5) is -1.20. The summed E-state index contributed by atoms with van der Waals surface area (Å²) >= 11 is 0. The van der Waals surface area contributed by atoms with E-state index in [0.717, 1.165) is 23.3 Å². The number of nitrogens with zero attached hydrogens (tertiary/aromatic N) is 2. The van der Waals surface area contributed by atoms with Gasteiger partial charge in [0.1, 0.15) is 15.6 Å². The van der Waals surface area contributed by atoms with Gasteiger partial charge in [-0.3, -0.25) is 9.11 Å². The molecule has 2 aromatic rings. The molecular formula is C13H14N4O6S2. The zero-order chi connectivity index (χ0) is 19.0. The highest BCUT2D eigenvalue weighted by atomic mass is 32.2. The average molecular weight is 386 g/mol. The van der Waals surface area contributed by atoms with Gasteiger partial charge < -0.3 is 11.5 Å². The topological polar surface area (TPSA) is 176 Å². The van der Waals surface area contributed by atoms with Crippen LogP contribution in [0.1, 0.15) is 0 Å². The summed E-state index contributed by atoms with van der Waals surface area (Å²) in [6, 6.07) is 5.91. The number of anilines is 1. The Morgan fingerprint density at radius 2 is 1.72 bits per heavy atom. The highest BCUT2D eigenvalue weighted by Crippen LogP contribution is 2.36. The van der Waals surface area contributed by atoms with Crippen LogP contribution in [0.4, 0.5) is 5.69 Å². The highest BCUT2D eigenvalue weighted by molar-refractivity contribution is 7.86. The number of hydrogen-bond donors (Lipinski definition) is 4. The zero-order valence-electron chi connectivity index (χ0n) is 12.6. The molecule has 0 atom stereocenters. The van der Waals surface area contributed by atoms with E-state index in [1.54, 1.807) is 0 Å². The molecule has 0 saturated heterocycles. The number of nitrogens with two attached hydrogens (primary N) is 2. The molecule has 0 fully saturated rings. The van der Waals surface area contributed by atoms with Crippen LogP contribution in [0.25, 0.3) is 10.8 Å². The molecule has 0 saturated carbocycles. The van der Waals surface area contributed by atoms with Gasteiger partial charge >= 0.3 is 0 Å². The van der Waals surface area contributed by atoms with Gasteiger partial charge in [-0.1, -0.05) is 18.2 Å². The third-order valence-electron chi connectivity index (χ3n) is 3.27. The molecule has 0 unspecified atom stereocenters. The summed E-state index contributed by atoms with van der Waals surface area (Å²) in [6.07, 6.45) is 0.932. The van der Waals surface area contributed by atoms with Crippen LogP contribution in [-0.2, 0) is 20.2 Å². The largest absolute Gasteiger partial charge is 0.402 e. The smallest absolute Gasteiger partial charge is 0.297 e. The van der Waals surface area contributed by atoms with Crippen molar-refractivity contribution in [3.05, 3.63) is 42.4 Å². The second-order valence-electron chi connectivity index (χ2n) is 4.76. The standard InChI is InChI=1S/C13H14N4O6S2/c1-16-17(12(15)7-14)10-6-5-8-9(13(10)25(21,22)23)3-2-4-11(8)24(18,19)20/h2-7H,1,14-15H2,(H,18,19,20)(H,21,22,23)/b12-7+. The van der Waals surface area contributed by atoms with E-state index in [9.17, 15) is 25.9 Å². The Hall–Kier alpha value is -2.67. The minimum Gasteiger partial charge on any atom is -0.402 e. The van der Waals surface area contributed by atoms with Gasteiger partial charge in [-0.05, 0) is 12.1 Å². The molecule has 0 aliphatic carbocycles.